The minimum Gasteiger partial charge on any atom is -0.497 e. The summed E-state index contributed by atoms with van der Waals surface area (Å²) in [5, 5.41) is 2.35. The van der Waals surface area contributed by atoms with Crippen molar-refractivity contribution in [2.75, 3.05) is 0 Å². The molecule has 0 bridgehead atoms. The number of ether oxygens (including phenoxy) is 1. The van der Waals surface area contributed by atoms with E-state index in [0.29, 0.717) is 11.5 Å². The maximum absolute atomic E-state index is 7.12. The molecular formula is C70H50N2OPtS2. The van der Waals surface area contributed by atoms with Crippen LogP contribution in [-0.4, -0.2) is 9.97 Å². The molecule has 0 saturated carbocycles. The maximum atomic E-state index is 7.12. The fraction of sp³-hybridized carbons (Fsp3) is 0.114. The number of thiophene rings is 2. The van der Waals surface area contributed by atoms with Crippen molar-refractivity contribution in [3.05, 3.63) is 218 Å². The van der Waals surface area contributed by atoms with Crippen LogP contribution in [0.4, 0.5) is 0 Å². The van der Waals surface area contributed by atoms with E-state index >= 15 is 0 Å². The van der Waals surface area contributed by atoms with Gasteiger partial charge in [-0.2, -0.15) is 0 Å². The third-order valence-electron chi connectivity index (χ3n) is 15.1. The fourth-order valence-corrected chi connectivity index (χ4v) is 14.1. The van der Waals surface area contributed by atoms with Crippen molar-refractivity contribution in [1.29, 1.82) is 0 Å². The maximum Gasteiger partial charge on any atom is 2.00 e. The van der Waals surface area contributed by atoms with Gasteiger partial charge in [-0.1, -0.05) is 211 Å². The zero-order valence-electron chi connectivity index (χ0n) is 42.9. The summed E-state index contributed by atoms with van der Waals surface area (Å²) in [6.45, 7) is 13.5. The van der Waals surface area contributed by atoms with E-state index in [1.165, 1.54) is 98.4 Å². The second kappa shape index (κ2) is 18.3. The van der Waals surface area contributed by atoms with Gasteiger partial charge in [0.25, 0.3) is 0 Å². The number of rotatable bonds is 4. The van der Waals surface area contributed by atoms with Crippen molar-refractivity contribution in [2.45, 2.75) is 52.4 Å². The molecule has 76 heavy (non-hydrogen) atoms. The Labute approximate surface area is 466 Å². The molecule has 3 nitrogen and oxygen atoms in total. The van der Waals surface area contributed by atoms with Gasteiger partial charge < -0.3 is 14.7 Å². The average molecular weight is 1190 g/mol. The zero-order valence-corrected chi connectivity index (χ0v) is 46.8. The van der Waals surface area contributed by atoms with Crippen LogP contribution in [0.1, 0.15) is 52.7 Å². The Morgan fingerprint density at radius 1 is 0.368 bits per heavy atom. The van der Waals surface area contributed by atoms with E-state index in [1.54, 1.807) is 0 Å². The molecule has 0 radical (unpaired) electrons. The molecule has 12 aromatic rings. The van der Waals surface area contributed by atoms with Crippen molar-refractivity contribution in [2.24, 2.45) is 0 Å². The second-order valence-corrected chi connectivity index (χ2v) is 23.9. The molecule has 2 aliphatic rings. The van der Waals surface area contributed by atoms with E-state index in [0.717, 1.165) is 43.0 Å². The monoisotopic (exact) mass is 1190 g/mol. The van der Waals surface area contributed by atoms with Gasteiger partial charge in [-0.3, -0.25) is 0 Å². The van der Waals surface area contributed by atoms with Gasteiger partial charge in [0.1, 0.15) is 0 Å². The predicted molar refractivity (Wildman–Crippen MR) is 316 cm³/mol. The van der Waals surface area contributed by atoms with Gasteiger partial charge in [0.15, 0.2) is 0 Å². The van der Waals surface area contributed by atoms with Crippen LogP contribution in [0.3, 0.4) is 0 Å². The molecule has 0 aliphatic heterocycles. The van der Waals surface area contributed by atoms with E-state index in [4.69, 9.17) is 14.7 Å². The number of hydrogen-bond acceptors (Lipinski definition) is 5. The van der Waals surface area contributed by atoms with Crippen LogP contribution >= 0.6 is 22.7 Å². The largest absolute Gasteiger partial charge is 2.00 e. The van der Waals surface area contributed by atoms with Crippen LogP contribution in [0.5, 0.6) is 11.5 Å². The Balaban J connectivity index is 0.00000553. The first-order valence-electron chi connectivity index (χ1n) is 25.7. The molecular weight excluding hydrogens is 1140 g/mol. The summed E-state index contributed by atoms with van der Waals surface area (Å²) in [4.78, 5) is 12.9. The number of pyridine rings is 2. The third kappa shape index (κ3) is 7.85. The van der Waals surface area contributed by atoms with E-state index < -0.39 is 0 Å². The first kappa shape index (κ1) is 48.1. The van der Waals surface area contributed by atoms with Gasteiger partial charge in [-0.15, -0.1) is 57.1 Å². The molecule has 2 aliphatic carbocycles. The molecule has 6 heteroatoms. The van der Waals surface area contributed by atoms with Gasteiger partial charge in [0, 0.05) is 76.7 Å². The SMILES string of the molecule is CC(C)(C)c1cc(Oc2[c-]c(-c3nccc4c5c(sc34)-c3ccccc3-c3ccccc3-c3ccccc3-5)cc(C(C)(C)C)c2)[c-]c(-c2nccc3c4c(sc23)-c2ccccc2-c2ccccc2-c2ccccc2-4)c1.[Pt+2]. The normalized spacial score (nSPS) is 12.2. The Morgan fingerprint density at radius 3 is 0.987 bits per heavy atom. The van der Waals surface area contributed by atoms with Crippen LogP contribution < -0.4 is 4.74 Å². The van der Waals surface area contributed by atoms with Crippen molar-refractivity contribution in [3.63, 3.8) is 0 Å². The van der Waals surface area contributed by atoms with Gasteiger partial charge in [-0.25, -0.2) is 0 Å². The number of benzene rings is 8. The van der Waals surface area contributed by atoms with Gasteiger partial charge >= 0.3 is 21.1 Å². The number of hydrogen-bond donors (Lipinski definition) is 0. The topological polar surface area (TPSA) is 35.0 Å². The fourth-order valence-electron chi connectivity index (χ4n) is 11.4. The predicted octanol–water partition coefficient (Wildman–Crippen LogP) is 20.2. The number of aromatic nitrogens is 2. The summed E-state index contributed by atoms with van der Waals surface area (Å²) in [6.07, 6.45) is 3.93. The van der Waals surface area contributed by atoms with Gasteiger partial charge in [0.05, 0.1) is 0 Å². The molecule has 0 atom stereocenters. The molecule has 0 fully saturated rings. The molecule has 0 unspecified atom stereocenters. The number of nitrogens with zero attached hydrogens (tertiary/aromatic N) is 2. The second-order valence-electron chi connectivity index (χ2n) is 21.9. The van der Waals surface area contributed by atoms with Crippen LogP contribution in [0.15, 0.2) is 194 Å². The standard InChI is InChI=1S/C70H50N2OS2.Pt/c1-69(2,3)43-35-41(63-67-59(31-33-71-63)61-55-27-15-11-23-51(55)47-19-7-9-21-49(47)53-25-13-17-29-57(53)65(61)74-67)37-45(39-43)73-46-38-42(36-44(40-46)70(4,5)6)64-68-60(32-34-72-64)62-56-28-16-12-24-52(56)48-20-8-10-22-50(48)54-26-14-18-30-58(54)66(62)75-68;/h7-36,39-40H,1-6H3;/q-2;+2. The number of fused-ring (bicyclic) bond motifs is 20. The average Bonchev–Trinajstić information content (AvgIpc) is 4.10. The van der Waals surface area contributed by atoms with Crippen molar-refractivity contribution in [3.8, 4) is 122 Å². The summed E-state index contributed by atoms with van der Waals surface area (Å²) in [7, 11) is 0. The summed E-state index contributed by atoms with van der Waals surface area (Å²) >= 11 is 3.64. The van der Waals surface area contributed by atoms with Crippen molar-refractivity contribution >= 4 is 42.8 Å². The molecule has 14 rings (SSSR count). The van der Waals surface area contributed by atoms with Crippen LogP contribution in [0.2, 0.25) is 0 Å². The van der Waals surface area contributed by atoms with Gasteiger partial charge in [0.2, 0.25) is 0 Å². The first-order chi connectivity index (χ1) is 36.5. The minimum absolute atomic E-state index is 0. The van der Waals surface area contributed by atoms with Crippen LogP contribution in [-0.2, 0) is 31.9 Å². The molecule has 8 aromatic carbocycles. The Morgan fingerprint density at radius 2 is 0.658 bits per heavy atom. The molecule has 4 aromatic heterocycles. The van der Waals surface area contributed by atoms with Crippen molar-refractivity contribution < 1.29 is 25.8 Å². The Hall–Kier alpha value is -7.53. The van der Waals surface area contributed by atoms with E-state index in [1.807, 2.05) is 35.1 Å². The van der Waals surface area contributed by atoms with Crippen LogP contribution in [0, 0.1) is 12.1 Å². The van der Waals surface area contributed by atoms with Crippen LogP contribution in [0.25, 0.3) is 130 Å². The molecule has 0 saturated heterocycles. The minimum atomic E-state index is -0.208. The molecule has 4 heterocycles. The first-order valence-corrected chi connectivity index (χ1v) is 27.3. The van der Waals surface area contributed by atoms with E-state index in [9.17, 15) is 0 Å². The molecule has 0 amide bonds. The molecule has 0 N–H and O–H groups in total. The third-order valence-corrected chi connectivity index (χ3v) is 17.6. The Bertz CT molecular complexity index is 4040. The van der Waals surface area contributed by atoms with Gasteiger partial charge in [-0.05, 0) is 89.4 Å². The van der Waals surface area contributed by atoms with E-state index in [2.05, 4.69) is 236 Å². The van der Waals surface area contributed by atoms with Crippen molar-refractivity contribution in [1.82, 2.24) is 9.97 Å². The summed E-state index contributed by atoms with van der Waals surface area (Å²) in [5.74, 6) is 1.23. The van der Waals surface area contributed by atoms with E-state index in [-0.39, 0.29) is 31.9 Å². The summed E-state index contributed by atoms with van der Waals surface area (Å²) in [5.41, 5.74) is 22.6. The Kier molecular flexibility index (Phi) is 11.6. The summed E-state index contributed by atoms with van der Waals surface area (Å²) in [6, 6.07) is 73.8. The zero-order chi connectivity index (χ0) is 50.7. The summed E-state index contributed by atoms with van der Waals surface area (Å²) < 4.78 is 9.36. The quantitative estimate of drug-likeness (QED) is 0.165. The molecule has 0 spiro atoms. The molecule has 368 valence electrons. The smallest absolute Gasteiger partial charge is 0.497 e.